The summed E-state index contributed by atoms with van der Waals surface area (Å²) >= 11 is 0. The molecule has 0 heteroatoms. The molecule has 0 bridgehead atoms. The van der Waals surface area contributed by atoms with Gasteiger partial charge in [-0.15, -0.1) is 0 Å². The van der Waals surface area contributed by atoms with Gasteiger partial charge in [0.2, 0.25) is 0 Å². The van der Waals surface area contributed by atoms with E-state index in [1.165, 1.54) is 33.0 Å². The van der Waals surface area contributed by atoms with Crippen molar-refractivity contribution >= 4 is 16.3 Å². The number of hydrogen-bond acceptors (Lipinski definition) is 0. The van der Waals surface area contributed by atoms with Gasteiger partial charge in [0.1, 0.15) is 0 Å². The average Bonchev–Trinajstić information content (AvgIpc) is 2.28. The Morgan fingerprint density at radius 2 is 1.44 bits per heavy atom. The van der Waals surface area contributed by atoms with Gasteiger partial charge in [-0.25, -0.2) is 0 Å². The molecule has 0 radical (unpaired) electrons. The molecule has 0 atom stereocenters. The van der Waals surface area contributed by atoms with Crippen LogP contribution in [0.2, 0.25) is 0 Å². The first kappa shape index (κ1) is 10.9. The second-order valence-electron chi connectivity index (χ2n) is 4.60. The highest BCUT2D eigenvalue weighted by molar-refractivity contribution is 5.95. The minimum atomic E-state index is 1.35. The lowest BCUT2D eigenvalue weighted by atomic mass is 9.95. The summed E-state index contributed by atoms with van der Waals surface area (Å²) in [5.74, 6) is 0. The number of aryl methyl sites for hydroxylation is 1. The molecule has 0 fully saturated rings. The zero-order valence-electron chi connectivity index (χ0n) is 10.5. The van der Waals surface area contributed by atoms with Crippen LogP contribution in [0.25, 0.3) is 16.3 Å². The summed E-state index contributed by atoms with van der Waals surface area (Å²) in [4.78, 5) is 0. The van der Waals surface area contributed by atoms with Gasteiger partial charge >= 0.3 is 0 Å². The number of benzene rings is 2. The predicted molar refractivity (Wildman–Crippen MR) is 72.6 cm³/mol. The van der Waals surface area contributed by atoms with Crippen molar-refractivity contribution in [2.24, 2.45) is 0 Å². The van der Waals surface area contributed by atoms with Crippen LogP contribution in [0.1, 0.15) is 31.9 Å². The lowest BCUT2D eigenvalue weighted by molar-refractivity contribution is 1.37. The number of fused-ring (bicyclic) bond motifs is 1. The number of rotatable bonds is 1. The lowest BCUT2D eigenvalue weighted by Crippen LogP contribution is -1.87. The van der Waals surface area contributed by atoms with E-state index in [4.69, 9.17) is 0 Å². The fourth-order valence-electron chi connectivity index (χ4n) is 2.06. The van der Waals surface area contributed by atoms with Crippen molar-refractivity contribution in [2.75, 3.05) is 0 Å². The number of allylic oxidation sites excluding steroid dienone is 2. The average molecular weight is 210 g/mol. The van der Waals surface area contributed by atoms with E-state index in [0.717, 1.165) is 0 Å². The largest absolute Gasteiger partial charge is 0.0729 e. The summed E-state index contributed by atoms with van der Waals surface area (Å²) in [7, 11) is 0. The SMILES string of the molecule is CC(C)=C(C)c1cccc2c(C)cccc12. The summed E-state index contributed by atoms with van der Waals surface area (Å²) in [5.41, 5.74) is 5.48. The van der Waals surface area contributed by atoms with Crippen LogP contribution >= 0.6 is 0 Å². The quantitative estimate of drug-likeness (QED) is 0.624. The van der Waals surface area contributed by atoms with E-state index in [-0.39, 0.29) is 0 Å². The van der Waals surface area contributed by atoms with E-state index in [1.54, 1.807) is 0 Å². The zero-order chi connectivity index (χ0) is 11.7. The van der Waals surface area contributed by atoms with Crippen LogP contribution in [0, 0.1) is 6.92 Å². The van der Waals surface area contributed by atoms with Gasteiger partial charge in [0.25, 0.3) is 0 Å². The monoisotopic (exact) mass is 210 g/mol. The molecule has 16 heavy (non-hydrogen) atoms. The minimum Gasteiger partial charge on any atom is -0.0729 e. The van der Waals surface area contributed by atoms with Crippen LogP contribution in [0.15, 0.2) is 42.0 Å². The summed E-state index contributed by atoms with van der Waals surface area (Å²) in [6, 6.07) is 13.1. The molecular weight excluding hydrogens is 192 g/mol. The third-order valence-electron chi connectivity index (χ3n) is 3.29. The van der Waals surface area contributed by atoms with Crippen LogP contribution < -0.4 is 0 Å². The van der Waals surface area contributed by atoms with Gasteiger partial charge in [0.15, 0.2) is 0 Å². The topological polar surface area (TPSA) is 0 Å². The third kappa shape index (κ3) is 1.76. The molecule has 0 heterocycles. The predicted octanol–water partition coefficient (Wildman–Crippen LogP) is 4.96. The van der Waals surface area contributed by atoms with Crippen molar-refractivity contribution < 1.29 is 0 Å². The van der Waals surface area contributed by atoms with Crippen LogP contribution in [0.4, 0.5) is 0 Å². The van der Waals surface area contributed by atoms with Crippen molar-refractivity contribution in [3.05, 3.63) is 53.1 Å². The fraction of sp³-hybridized carbons (Fsp3) is 0.250. The van der Waals surface area contributed by atoms with Gasteiger partial charge in [-0.1, -0.05) is 42.0 Å². The third-order valence-corrected chi connectivity index (χ3v) is 3.29. The molecule has 2 aromatic carbocycles. The molecule has 0 nitrogen and oxygen atoms in total. The molecule has 0 aliphatic rings. The second-order valence-corrected chi connectivity index (χ2v) is 4.60. The van der Waals surface area contributed by atoms with Gasteiger partial charge < -0.3 is 0 Å². The summed E-state index contributed by atoms with van der Waals surface area (Å²) in [6.45, 7) is 8.71. The molecule has 0 amide bonds. The van der Waals surface area contributed by atoms with E-state index in [1.807, 2.05) is 0 Å². The molecule has 82 valence electrons. The van der Waals surface area contributed by atoms with Crippen molar-refractivity contribution in [3.8, 4) is 0 Å². The summed E-state index contributed by atoms with van der Waals surface area (Å²) in [6.07, 6.45) is 0. The Morgan fingerprint density at radius 1 is 0.812 bits per heavy atom. The molecule has 0 N–H and O–H groups in total. The molecular formula is C16H18. The summed E-state index contributed by atoms with van der Waals surface area (Å²) in [5, 5.41) is 2.72. The van der Waals surface area contributed by atoms with Gasteiger partial charge in [-0.2, -0.15) is 0 Å². The van der Waals surface area contributed by atoms with Crippen molar-refractivity contribution in [1.82, 2.24) is 0 Å². The Morgan fingerprint density at radius 3 is 2.12 bits per heavy atom. The highest BCUT2D eigenvalue weighted by Crippen LogP contribution is 2.28. The Balaban J connectivity index is 2.83. The Hall–Kier alpha value is -1.56. The Kier molecular flexibility index (Phi) is 2.82. The van der Waals surface area contributed by atoms with Gasteiger partial charge in [0, 0.05) is 0 Å². The standard InChI is InChI=1S/C16H18/c1-11(2)13(4)15-9-6-8-14-12(3)7-5-10-16(14)15/h5-10H,1-4H3. The summed E-state index contributed by atoms with van der Waals surface area (Å²) < 4.78 is 0. The molecule has 0 saturated carbocycles. The van der Waals surface area contributed by atoms with Crippen LogP contribution in [-0.2, 0) is 0 Å². The normalized spacial score (nSPS) is 10.5. The first-order valence-electron chi connectivity index (χ1n) is 5.74. The first-order valence-corrected chi connectivity index (χ1v) is 5.74. The molecule has 2 aromatic rings. The van der Waals surface area contributed by atoms with E-state index >= 15 is 0 Å². The second kappa shape index (κ2) is 4.13. The van der Waals surface area contributed by atoms with E-state index in [2.05, 4.69) is 64.1 Å². The van der Waals surface area contributed by atoms with Crippen molar-refractivity contribution in [1.29, 1.82) is 0 Å². The van der Waals surface area contributed by atoms with Crippen LogP contribution in [0.3, 0.4) is 0 Å². The molecule has 0 unspecified atom stereocenters. The Bertz CT molecular complexity index is 555. The maximum absolute atomic E-state index is 2.21. The molecule has 0 aliphatic carbocycles. The highest BCUT2D eigenvalue weighted by atomic mass is 14.1. The van der Waals surface area contributed by atoms with Gasteiger partial charge in [0.05, 0.1) is 0 Å². The molecule has 0 aliphatic heterocycles. The molecule has 2 rings (SSSR count). The lowest BCUT2D eigenvalue weighted by Gasteiger charge is -2.10. The zero-order valence-corrected chi connectivity index (χ0v) is 10.5. The van der Waals surface area contributed by atoms with Crippen LogP contribution in [0.5, 0.6) is 0 Å². The van der Waals surface area contributed by atoms with Gasteiger partial charge in [-0.05, 0) is 55.2 Å². The van der Waals surface area contributed by atoms with Gasteiger partial charge in [-0.3, -0.25) is 0 Å². The molecule has 0 spiro atoms. The van der Waals surface area contributed by atoms with Crippen molar-refractivity contribution in [3.63, 3.8) is 0 Å². The van der Waals surface area contributed by atoms with Crippen molar-refractivity contribution in [2.45, 2.75) is 27.7 Å². The van der Waals surface area contributed by atoms with Crippen LogP contribution in [-0.4, -0.2) is 0 Å². The van der Waals surface area contributed by atoms with E-state index < -0.39 is 0 Å². The maximum atomic E-state index is 2.21. The Labute approximate surface area is 97.6 Å². The smallest absolute Gasteiger partial charge is 0.0106 e. The van der Waals surface area contributed by atoms with E-state index in [0.29, 0.717) is 0 Å². The maximum Gasteiger partial charge on any atom is -0.0106 e. The highest BCUT2D eigenvalue weighted by Gasteiger charge is 2.04. The molecule has 0 saturated heterocycles. The first-order chi connectivity index (χ1) is 7.61. The molecule has 0 aromatic heterocycles. The van der Waals surface area contributed by atoms with E-state index in [9.17, 15) is 0 Å². The minimum absolute atomic E-state index is 1.35. The fourth-order valence-corrected chi connectivity index (χ4v) is 2.06. The number of hydrogen-bond donors (Lipinski definition) is 0.